The third kappa shape index (κ3) is 3.83. The van der Waals surface area contributed by atoms with E-state index < -0.39 is 29.1 Å². The SMILES string of the molecule is COc1ccc(-c2ccc(C=O)o2)cc1Oc1c(F)cc(C(F)(F)F)cc1F. The molecule has 0 saturated heterocycles. The van der Waals surface area contributed by atoms with Gasteiger partial charge < -0.3 is 13.9 Å². The number of carbonyl (C=O) groups is 1. The predicted octanol–water partition coefficient (Wildman–Crippen LogP) is 5.86. The second kappa shape index (κ2) is 7.34. The van der Waals surface area contributed by atoms with E-state index in [2.05, 4.69) is 0 Å². The highest BCUT2D eigenvalue weighted by atomic mass is 19.4. The predicted molar refractivity (Wildman–Crippen MR) is 87.5 cm³/mol. The summed E-state index contributed by atoms with van der Waals surface area (Å²) < 4.78 is 81.6. The molecule has 9 heteroatoms. The fraction of sp³-hybridized carbons (Fsp3) is 0.105. The molecule has 2 aromatic carbocycles. The Kier molecular flexibility index (Phi) is 5.08. The second-order valence-electron chi connectivity index (χ2n) is 5.55. The number of carbonyl (C=O) groups excluding carboxylic acids is 1. The summed E-state index contributed by atoms with van der Waals surface area (Å²) in [5.74, 6) is -3.83. The summed E-state index contributed by atoms with van der Waals surface area (Å²) in [4.78, 5) is 10.7. The molecular formula is C19H11F5O4. The normalized spacial score (nSPS) is 11.4. The highest BCUT2D eigenvalue weighted by molar-refractivity contribution is 5.73. The molecule has 0 spiro atoms. The van der Waals surface area contributed by atoms with Crippen LogP contribution in [0.2, 0.25) is 0 Å². The summed E-state index contributed by atoms with van der Waals surface area (Å²) in [7, 11) is 1.28. The third-order valence-electron chi connectivity index (χ3n) is 3.73. The average Bonchev–Trinajstić information content (AvgIpc) is 3.13. The Labute approximate surface area is 155 Å². The largest absolute Gasteiger partial charge is 0.493 e. The quantitative estimate of drug-likeness (QED) is 0.399. The van der Waals surface area contributed by atoms with Crippen LogP contribution in [-0.2, 0) is 6.18 Å². The molecule has 0 aliphatic rings. The summed E-state index contributed by atoms with van der Waals surface area (Å²) in [5.41, 5.74) is -1.09. The number of rotatable bonds is 5. The molecule has 3 rings (SSSR count). The summed E-state index contributed by atoms with van der Waals surface area (Å²) in [6.45, 7) is 0. The lowest BCUT2D eigenvalue weighted by Gasteiger charge is -2.14. The van der Waals surface area contributed by atoms with Crippen LogP contribution in [0, 0.1) is 11.6 Å². The Morgan fingerprint density at radius 2 is 1.64 bits per heavy atom. The van der Waals surface area contributed by atoms with Crippen molar-refractivity contribution in [2.75, 3.05) is 7.11 Å². The van der Waals surface area contributed by atoms with Gasteiger partial charge in [-0.3, -0.25) is 4.79 Å². The van der Waals surface area contributed by atoms with E-state index in [0.717, 1.165) is 0 Å². The lowest BCUT2D eigenvalue weighted by molar-refractivity contribution is -0.138. The second-order valence-corrected chi connectivity index (χ2v) is 5.55. The van der Waals surface area contributed by atoms with E-state index in [0.29, 0.717) is 11.8 Å². The van der Waals surface area contributed by atoms with E-state index in [4.69, 9.17) is 13.9 Å². The molecule has 0 atom stereocenters. The first kappa shape index (κ1) is 19.4. The zero-order valence-electron chi connectivity index (χ0n) is 14.1. The van der Waals surface area contributed by atoms with Gasteiger partial charge in [0.25, 0.3) is 0 Å². The molecular weight excluding hydrogens is 387 g/mol. The molecule has 4 nitrogen and oxygen atoms in total. The van der Waals surface area contributed by atoms with Gasteiger partial charge in [-0.15, -0.1) is 0 Å². The Morgan fingerprint density at radius 3 is 2.18 bits per heavy atom. The maximum absolute atomic E-state index is 14.1. The van der Waals surface area contributed by atoms with Gasteiger partial charge in [0, 0.05) is 5.56 Å². The molecule has 3 aromatic rings. The minimum absolute atomic E-state index is 0.0631. The van der Waals surface area contributed by atoms with Crippen molar-refractivity contribution in [3.63, 3.8) is 0 Å². The molecule has 0 fully saturated rings. The van der Waals surface area contributed by atoms with E-state index >= 15 is 0 Å². The van der Waals surface area contributed by atoms with E-state index in [-0.39, 0.29) is 35.2 Å². The van der Waals surface area contributed by atoms with E-state index in [9.17, 15) is 26.7 Å². The molecule has 0 radical (unpaired) electrons. The van der Waals surface area contributed by atoms with Crippen molar-refractivity contribution in [3.8, 4) is 28.6 Å². The molecule has 1 aromatic heterocycles. The fourth-order valence-corrected chi connectivity index (χ4v) is 2.41. The number of ether oxygens (including phenoxy) is 2. The topological polar surface area (TPSA) is 48.7 Å². The first-order valence-corrected chi connectivity index (χ1v) is 7.70. The Balaban J connectivity index is 2.02. The third-order valence-corrected chi connectivity index (χ3v) is 3.73. The molecule has 0 unspecified atom stereocenters. The van der Waals surface area contributed by atoms with Gasteiger partial charge in [-0.05, 0) is 42.5 Å². The van der Waals surface area contributed by atoms with Crippen LogP contribution < -0.4 is 9.47 Å². The molecule has 0 saturated carbocycles. The fourth-order valence-electron chi connectivity index (χ4n) is 2.41. The molecule has 0 bridgehead atoms. The maximum atomic E-state index is 14.1. The van der Waals surface area contributed by atoms with Crippen LogP contribution in [-0.4, -0.2) is 13.4 Å². The summed E-state index contributed by atoms with van der Waals surface area (Å²) in [5, 5.41) is 0. The summed E-state index contributed by atoms with van der Waals surface area (Å²) >= 11 is 0. The van der Waals surface area contributed by atoms with Crippen LogP contribution in [0.4, 0.5) is 22.0 Å². The van der Waals surface area contributed by atoms with Crippen molar-refractivity contribution in [1.29, 1.82) is 0 Å². The number of furan rings is 1. The molecule has 0 aliphatic carbocycles. The highest BCUT2D eigenvalue weighted by Gasteiger charge is 2.33. The minimum atomic E-state index is -4.91. The first-order valence-electron chi connectivity index (χ1n) is 7.70. The van der Waals surface area contributed by atoms with Crippen molar-refractivity contribution >= 4 is 6.29 Å². The lowest BCUT2D eigenvalue weighted by Crippen LogP contribution is -2.07. The number of alkyl halides is 3. The molecule has 28 heavy (non-hydrogen) atoms. The molecule has 0 N–H and O–H groups in total. The van der Waals surface area contributed by atoms with Crippen LogP contribution in [0.3, 0.4) is 0 Å². The lowest BCUT2D eigenvalue weighted by atomic mass is 10.1. The van der Waals surface area contributed by atoms with Gasteiger partial charge in [0.1, 0.15) is 5.76 Å². The van der Waals surface area contributed by atoms with Gasteiger partial charge in [-0.25, -0.2) is 8.78 Å². The van der Waals surface area contributed by atoms with Gasteiger partial charge in [0.15, 0.2) is 40.9 Å². The minimum Gasteiger partial charge on any atom is -0.493 e. The van der Waals surface area contributed by atoms with Crippen LogP contribution in [0.15, 0.2) is 46.9 Å². The van der Waals surface area contributed by atoms with Crippen molar-refractivity contribution in [2.24, 2.45) is 0 Å². The molecule has 0 amide bonds. The number of aldehydes is 1. The zero-order valence-corrected chi connectivity index (χ0v) is 14.1. The maximum Gasteiger partial charge on any atom is 0.416 e. The van der Waals surface area contributed by atoms with E-state index in [1.807, 2.05) is 0 Å². The highest BCUT2D eigenvalue weighted by Crippen LogP contribution is 2.39. The van der Waals surface area contributed by atoms with Gasteiger partial charge in [-0.1, -0.05) is 0 Å². The number of benzene rings is 2. The molecule has 0 aliphatic heterocycles. The summed E-state index contributed by atoms with van der Waals surface area (Å²) in [6.07, 6.45) is -4.41. The number of halogens is 5. The van der Waals surface area contributed by atoms with Crippen molar-refractivity contribution in [3.05, 3.63) is 65.4 Å². The smallest absolute Gasteiger partial charge is 0.416 e. The van der Waals surface area contributed by atoms with Gasteiger partial charge in [0.2, 0.25) is 0 Å². The molecule has 1 heterocycles. The van der Waals surface area contributed by atoms with Crippen LogP contribution >= 0.6 is 0 Å². The van der Waals surface area contributed by atoms with Crippen LogP contribution in [0.5, 0.6) is 17.2 Å². The van der Waals surface area contributed by atoms with Crippen molar-refractivity contribution < 1.29 is 40.6 Å². The first-order chi connectivity index (χ1) is 13.2. The number of methoxy groups -OCH3 is 1. The Hall–Kier alpha value is -3.36. The Bertz CT molecular complexity index is 1000. The van der Waals surface area contributed by atoms with E-state index in [1.54, 1.807) is 6.07 Å². The van der Waals surface area contributed by atoms with Crippen molar-refractivity contribution in [1.82, 2.24) is 0 Å². The molecule has 146 valence electrons. The average molecular weight is 398 g/mol. The number of hydrogen-bond donors (Lipinski definition) is 0. The van der Waals surface area contributed by atoms with Crippen molar-refractivity contribution in [2.45, 2.75) is 6.18 Å². The van der Waals surface area contributed by atoms with Gasteiger partial charge in [0.05, 0.1) is 12.7 Å². The summed E-state index contributed by atoms with van der Waals surface area (Å²) in [6, 6.07) is 7.45. The van der Waals surface area contributed by atoms with Gasteiger partial charge >= 0.3 is 6.18 Å². The standard InChI is InChI=1S/C19H11F5O4/c1-26-16-4-2-10(15-5-3-12(9-25)27-15)6-17(16)28-18-13(20)7-11(8-14(18)21)19(22,23)24/h2-9H,1H3. The Morgan fingerprint density at radius 1 is 0.964 bits per heavy atom. The zero-order chi connectivity index (χ0) is 20.5. The van der Waals surface area contributed by atoms with Crippen LogP contribution in [0.1, 0.15) is 16.1 Å². The number of hydrogen-bond acceptors (Lipinski definition) is 4. The monoisotopic (exact) mass is 398 g/mol. The van der Waals surface area contributed by atoms with Crippen LogP contribution in [0.25, 0.3) is 11.3 Å². The van der Waals surface area contributed by atoms with E-state index in [1.165, 1.54) is 31.4 Å². The van der Waals surface area contributed by atoms with Gasteiger partial charge in [-0.2, -0.15) is 13.2 Å².